The fraction of sp³-hybridized carbons (Fsp3) is 0.360. The van der Waals surface area contributed by atoms with E-state index in [2.05, 4.69) is 32.8 Å². The van der Waals surface area contributed by atoms with E-state index in [0.29, 0.717) is 29.9 Å². The van der Waals surface area contributed by atoms with Crippen LogP contribution in [0.25, 0.3) is 11.3 Å². The molecule has 0 fully saturated rings. The van der Waals surface area contributed by atoms with Gasteiger partial charge in [0.05, 0.1) is 41.6 Å². The lowest BCUT2D eigenvalue weighted by atomic mass is 10.0. The zero-order valence-corrected chi connectivity index (χ0v) is 19.1. The molecule has 4 N–H and O–H groups in total. The largest absolute Gasteiger partial charge is 0.492 e. The fourth-order valence-electron chi connectivity index (χ4n) is 4.18. The third-order valence-corrected chi connectivity index (χ3v) is 5.83. The van der Waals surface area contributed by atoms with Crippen LogP contribution in [0.3, 0.4) is 0 Å². The molecule has 0 saturated heterocycles. The Kier molecular flexibility index (Phi) is 7.12. The van der Waals surface area contributed by atoms with Crippen LogP contribution in [0, 0.1) is 5.82 Å². The van der Waals surface area contributed by atoms with Gasteiger partial charge in [0.1, 0.15) is 0 Å². The molecule has 0 atom stereocenters. The number of aromatic amines is 1. The Balaban J connectivity index is 1.75. The quantitative estimate of drug-likeness (QED) is 0.316. The molecule has 7 nitrogen and oxygen atoms in total. The number of H-pyrrole nitrogens is 1. The molecule has 2 aromatic heterocycles. The van der Waals surface area contributed by atoms with E-state index in [1.165, 1.54) is 32.4 Å². The maximum Gasteiger partial charge on any atom is 0.255 e. The second-order valence-electron chi connectivity index (χ2n) is 8.09. The lowest BCUT2D eigenvalue weighted by Crippen LogP contribution is -2.31. The molecule has 0 saturated carbocycles. The molecular weight excluding hydrogens is 421 g/mol. The van der Waals surface area contributed by atoms with Crippen LogP contribution >= 0.6 is 0 Å². The summed E-state index contributed by atoms with van der Waals surface area (Å²) in [6.07, 6.45) is 8.84. The minimum Gasteiger partial charge on any atom is -0.492 e. The van der Waals surface area contributed by atoms with E-state index in [-0.39, 0.29) is 11.7 Å². The first-order valence-electron chi connectivity index (χ1n) is 11.4. The molecular formula is C25H30FN5O2. The number of nitrogens with one attached hydrogen (secondary N) is 4. The number of fused-ring (bicyclic) bond motifs is 1. The molecule has 3 heterocycles. The fourth-order valence-corrected chi connectivity index (χ4v) is 4.18. The number of halogens is 1. The van der Waals surface area contributed by atoms with Gasteiger partial charge in [-0.05, 0) is 24.6 Å². The van der Waals surface area contributed by atoms with E-state index in [1.807, 2.05) is 6.07 Å². The molecule has 3 aromatic rings. The number of nitrogens with zero attached hydrogens (tertiary/aromatic N) is 1. The van der Waals surface area contributed by atoms with Gasteiger partial charge in [-0.1, -0.05) is 32.3 Å². The van der Waals surface area contributed by atoms with E-state index >= 15 is 0 Å². The summed E-state index contributed by atoms with van der Waals surface area (Å²) in [6.45, 7) is 3.59. The number of carbonyl (C=O) groups is 1. The summed E-state index contributed by atoms with van der Waals surface area (Å²) in [5.74, 6) is -0.547. The molecule has 1 aromatic carbocycles. The highest BCUT2D eigenvalue weighted by atomic mass is 19.1. The maximum atomic E-state index is 14.3. The van der Waals surface area contributed by atoms with Crippen LogP contribution in [0.5, 0.6) is 5.75 Å². The Morgan fingerprint density at radius 1 is 1.18 bits per heavy atom. The maximum absolute atomic E-state index is 14.3. The molecule has 4 rings (SSSR count). The number of unbranched alkanes of at least 4 members (excludes halogenated alkanes) is 3. The molecule has 0 radical (unpaired) electrons. The predicted octanol–water partition coefficient (Wildman–Crippen LogP) is 5.25. The van der Waals surface area contributed by atoms with E-state index in [9.17, 15) is 9.18 Å². The smallest absolute Gasteiger partial charge is 0.255 e. The van der Waals surface area contributed by atoms with Gasteiger partial charge in [0.15, 0.2) is 11.6 Å². The molecule has 1 aliphatic heterocycles. The van der Waals surface area contributed by atoms with Crippen molar-refractivity contribution in [2.75, 3.05) is 30.8 Å². The zero-order chi connectivity index (χ0) is 23.2. The summed E-state index contributed by atoms with van der Waals surface area (Å²) >= 11 is 0. The van der Waals surface area contributed by atoms with Crippen molar-refractivity contribution in [1.29, 1.82) is 0 Å². The Bertz CT molecular complexity index is 1130. The Hall–Kier alpha value is -3.55. The molecule has 0 bridgehead atoms. The highest BCUT2D eigenvalue weighted by Crippen LogP contribution is 2.41. The minimum absolute atomic E-state index is 0.0959. The number of carbonyl (C=O) groups excluding carboxylic acids is 1. The number of methoxy groups -OCH3 is 1. The number of aromatic nitrogens is 2. The first-order chi connectivity index (χ1) is 16.1. The number of hydrogen-bond acceptors (Lipinski definition) is 5. The van der Waals surface area contributed by atoms with Crippen molar-refractivity contribution in [3.8, 4) is 17.0 Å². The van der Waals surface area contributed by atoms with E-state index in [0.717, 1.165) is 35.6 Å². The standard InChI is InChI=1S/C25H30FN5O2/c1-3-4-5-6-12-28-20-15-27-13-10-16(20)22-23(21-18(30-22)11-14-29-25(21)32)31-19-9-7-8-17(26)24(19)33-2/h7-10,13,15,28,30-31H,3-6,11-12,14H2,1-2H3,(H,29,32). The number of pyridine rings is 1. The summed E-state index contributed by atoms with van der Waals surface area (Å²) in [5.41, 5.74) is 4.93. The van der Waals surface area contributed by atoms with Crippen molar-refractivity contribution in [2.24, 2.45) is 0 Å². The number of anilines is 3. The second kappa shape index (κ2) is 10.4. The van der Waals surface area contributed by atoms with Crippen LogP contribution in [0.1, 0.15) is 48.7 Å². The number of para-hydroxylation sites is 1. The van der Waals surface area contributed by atoms with Gasteiger partial charge in [0.25, 0.3) is 5.91 Å². The van der Waals surface area contributed by atoms with Gasteiger partial charge in [-0.3, -0.25) is 9.78 Å². The van der Waals surface area contributed by atoms with Crippen molar-refractivity contribution >= 4 is 23.0 Å². The van der Waals surface area contributed by atoms with Crippen LogP contribution in [0.4, 0.5) is 21.5 Å². The molecule has 0 unspecified atom stereocenters. The van der Waals surface area contributed by atoms with Gasteiger partial charge < -0.3 is 25.7 Å². The Labute approximate surface area is 193 Å². The van der Waals surface area contributed by atoms with Gasteiger partial charge in [-0.2, -0.15) is 0 Å². The molecule has 1 aliphatic rings. The second-order valence-corrected chi connectivity index (χ2v) is 8.09. The Morgan fingerprint density at radius 2 is 2.06 bits per heavy atom. The molecule has 8 heteroatoms. The first-order valence-corrected chi connectivity index (χ1v) is 11.4. The first kappa shape index (κ1) is 22.6. The summed E-state index contributed by atoms with van der Waals surface area (Å²) in [7, 11) is 1.42. The molecule has 0 spiro atoms. The average molecular weight is 452 g/mol. The van der Waals surface area contributed by atoms with Crippen LogP contribution in [0.15, 0.2) is 36.7 Å². The van der Waals surface area contributed by atoms with Crippen molar-refractivity contribution in [1.82, 2.24) is 15.3 Å². The Morgan fingerprint density at radius 3 is 2.88 bits per heavy atom. The number of rotatable bonds is 10. The van der Waals surface area contributed by atoms with Gasteiger partial charge in [0.2, 0.25) is 0 Å². The normalized spacial score (nSPS) is 12.8. The summed E-state index contributed by atoms with van der Waals surface area (Å²) < 4.78 is 19.6. The number of amides is 1. The zero-order valence-electron chi connectivity index (χ0n) is 19.1. The monoisotopic (exact) mass is 451 g/mol. The third kappa shape index (κ3) is 4.79. The molecule has 0 aliphatic carbocycles. The lowest BCUT2D eigenvalue weighted by Gasteiger charge is -2.17. The van der Waals surface area contributed by atoms with Gasteiger partial charge in [-0.25, -0.2) is 4.39 Å². The van der Waals surface area contributed by atoms with Gasteiger partial charge in [-0.15, -0.1) is 0 Å². The van der Waals surface area contributed by atoms with Crippen LogP contribution in [0.2, 0.25) is 0 Å². The van der Waals surface area contributed by atoms with E-state index in [1.54, 1.807) is 24.5 Å². The summed E-state index contributed by atoms with van der Waals surface area (Å²) in [6, 6.07) is 6.59. The van der Waals surface area contributed by atoms with E-state index in [4.69, 9.17) is 4.74 Å². The topological polar surface area (TPSA) is 91.1 Å². The van der Waals surface area contributed by atoms with Crippen molar-refractivity contribution < 1.29 is 13.9 Å². The van der Waals surface area contributed by atoms with Crippen LogP contribution < -0.4 is 20.7 Å². The molecule has 174 valence electrons. The number of ether oxygens (including phenoxy) is 1. The van der Waals surface area contributed by atoms with E-state index < -0.39 is 5.82 Å². The van der Waals surface area contributed by atoms with Gasteiger partial charge in [0, 0.05) is 37.0 Å². The van der Waals surface area contributed by atoms with Crippen molar-refractivity contribution in [3.63, 3.8) is 0 Å². The summed E-state index contributed by atoms with van der Waals surface area (Å²) in [5, 5.41) is 9.67. The number of benzene rings is 1. The molecule has 1 amide bonds. The third-order valence-electron chi connectivity index (χ3n) is 5.83. The lowest BCUT2D eigenvalue weighted by molar-refractivity contribution is 0.0947. The van der Waals surface area contributed by atoms with Gasteiger partial charge >= 0.3 is 0 Å². The predicted molar refractivity (Wildman–Crippen MR) is 129 cm³/mol. The van der Waals surface area contributed by atoms with Crippen LogP contribution in [-0.2, 0) is 6.42 Å². The minimum atomic E-state index is -0.476. The SMILES string of the molecule is CCCCCCNc1cnccc1-c1[nH]c2c(c1Nc1cccc(F)c1OC)C(=O)NCC2. The van der Waals surface area contributed by atoms with Crippen molar-refractivity contribution in [2.45, 2.75) is 39.0 Å². The average Bonchev–Trinajstić information content (AvgIpc) is 3.19. The summed E-state index contributed by atoms with van der Waals surface area (Å²) in [4.78, 5) is 20.6. The number of hydrogen-bond donors (Lipinski definition) is 4. The highest BCUT2D eigenvalue weighted by molar-refractivity contribution is 6.07. The van der Waals surface area contributed by atoms with Crippen LogP contribution in [-0.4, -0.2) is 36.1 Å². The highest BCUT2D eigenvalue weighted by Gasteiger charge is 2.28. The van der Waals surface area contributed by atoms with Crippen molar-refractivity contribution in [3.05, 3.63) is 53.7 Å². The molecule has 33 heavy (non-hydrogen) atoms.